The molecular formula is C22H35N3O2. The Kier molecular flexibility index (Phi) is 7.28. The van der Waals surface area contributed by atoms with Crippen molar-refractivity contribution in [3.63, 3.8) is 0 Å². The molecule has 1 aromatic rings. The van der Waals surface area contributed by atoms with Gasteiger partial charge in [-0.05, 0) is 55.9 Å². The van der Waals surface area contributed by atoms with Crippen molar-refractivity contribution in [3.8, 4) is 0 Å². The minimum absolute atomic E-state index is 0.0291. The van der Waals surface area contributed by atoms with Crippen molar-refractivity contribution in [2.75, 3.05) is 24.3 Å². The molecule has 150 valence electrons. The van der Waals surface area contributed by atoms with Gasteiger partial charge in [0.2, 0.25) is 11.8 Å². The van der Waals surface area contributed by atoms with Crippen LogP contribution >= 0.6 is 0 Å². The van der Waals surface area contributed by atoms with Gasteiger partial charge in [-0.1, -0.05) is 20.8 Å². The Labute approximate surface area is 164 Å². The second-order valence-electron chi connectivity index (χ2n) is 8.38. The van der Waals surface area contributed by atoms with E-state index in [2.05, 4.69) is 24.1 Å². The van der Waals surface area contributed by atoms with Gasteiger partial charge < -0.3 is 15.1 Å². The lowest BCUT2D eigenvalue weighted by Gasteiger charge is -2.31. The highest BCUT2D eigenvalue weighted by Gasteiger charge is 2.35. The van der Waals surface area contributed by atoms with Gasteiger partial charge in [0.05, 0.1) is 0 Å². The van der Waals surface area contributed by atoms with Crippen molar-refractivity contribution >= 4 is 23.2 Å². The van der Waals surface area contributed by atoms with Crippen LogP contribution < -0.4 is 10.2 Å². The normalized spacial score (nSPS) is 14.8. The predicted molar refractivity (Wildman–Crippen MR) is 112 cm³/mol. The predicted octanol–water partition coefficient (Wildman–Crippen LogP) is 4.27. The minimum atomic E-state index is 0.0291. The zero-order valence-corrected chi connectivity index (χ0v) is 17.7. The molecule has 1 aromatic carbocycles. The van der Waals surface area contributed by atoms with E-state index >= 15 is 0 Å². The molecule has 1 aliphatic carbocycles. The number of carbonyl (C=O) groups is 2. The molecule has 0 bridgehead atoms. The molecule has 0 unspecified atom stereocenters. The van der Waals surface area contributed by atoms with Crippen LogP contribution in [0.5, 0.6) is 0 Å². The third kappa shape index (κ3) is 5.98. The molecule has 0 spiro atoms. The third-order valence-electron chi connectivity index (χ3n) is 5.11. The molecule has 0 aromatic heterocycles. The summed E-state index contributed by atoms with van der Waals surface area (Å²) in [6, 6.07) is 6.18. The molecule has 2 rings (SSSR count). The van der Waals surface area contributed by atoms with Gasteiger partial charge in [0.25, 0.3) is 0 Å². The van der Waals surface area contributed by atoms with Crippen molar-refractivity contribution in [2.45, 2.75) is 66.0 Å². The summed E-state index contributed by atoms with van der Waals surface area (Å²) in [4.78, 5) is 29.0. The molecule has 0 radical (unpaired) electrons. The van der Waals surface area contributed by atoms with Crippen LogP contribution in [0.15, 0.2) is 18.2 Å². The average molecular weight is 374 g/mol. The first-order valence-electron chi connectivity index (χ1n) is 10.1. The van der Waals surface area contributed by atoms with Gasteiger partial charge in [0.1, 0.15) is 0 Å². The van der Waals surface area contributed by atoms with Crippen LogP contribution in [0, 0.1) is 11.8 Å². The molecule has 1 fully saturated rings. The molecule has 5 heteroatoms. The van der Waals surface area contributed by atoms with Crippen LogP contribution in [0.1, 0.15) is 58.9 Å². The number of anilines is 2. The lowest BCUT2D eigenvalue weighted by molar-refractivity contribution is -0.135. The molecule has 1 aliphatic rings. The Bertz CT molecular complexity index is 666. The Hall–Kier alpha value is -2.04. The number of hydrogen-bond acceptors (Lipinski definition) is 3. The number of rotatable bonds is 9. The summed E-state index contributed by atoms with van der Waals surface area (Å²) in [5.41, 5.74) is 2.94. The largest absolute Gasteiger partial charge is 0.377 e. The molecule has 5 nitrogen and oxygen atoms in total. The summed E-state index contributed by atoms with van der Waals surface area (Å²) < 4.78 is 0. The highest BCUT2D eigenvalue weighted by atomic mass is 16.2. The summed E-state index contributed by atoms with van der Waals surface area (Å²) in [7, 11) is 4.01. The Morgan fingerprint density at radius 1 is 1.19 bits per heavy atom. The van der Waals surface area contributed by atoms with Crippen LogP contribution in [0.2, 0.25) is 0 Å². The average Bonchev–Trinajstić information content (AvgIpc) is 3.42. The second-order valence-corrected chi connectivity index (χ2v) is 8.38. The van der Waals surface area contributed by atoms with Gasteiger partial charge in [-0.25, -0.2) is 0 Å². The number of hydrogen-bond donors (Lipinski definition) is 1. The Morgan fingerprint density at radius 2 is 1.85 bits per heavy atom. The number of amides is 2. The molecule has 0 heterocycles. The van der Waals surface area contributed by atoms with E-state index in [1.807, 2.05) is 51.0 Å². The van der Waals surface area contributed by atoms with E-state index in [1.54, 1.807) is 0 Å². The molecular weight excluding hydrogens is 338 g/mol. The highest BCUT2D eigenvalue weighted by molar-refractivity contribution is 5.91. The fraction of sp³-hybridized carbons (Fsp3) is 0.636. The lowest BCUT2D eigenvalue weighted by atomic mass is 10.1. The van der Waals surface area contributed by atoms with Crippen LogP contribution in [-0.2, 0) is 16.1 Å². The summed E-state index contributed by atoms with van der Waals surface area (Å²) in [5, 5.41) is 3.00. The van der Waals surface area contributed by atoms with Crippen molar-refractivity contribution in [1.29, 1.82) is 0 Å². The Balaban J connectivity index is 2.26. The molecule has 27 heavy (non-hydrogen) atoms. The standard InChI is InChI=1S/C22H35N3O2/c1-7-16(4)25(22(27)17-8-9-17)14-18-13-19(10-11-20(18)24(5)6)23-21(26)12-15(2)3/h10-11,13,15-17H,7-9,12,14H2,1-6H3,(H,23,26)/t16-/m1/s1. The highest BCUT2D eigenvalue weighted by Crippen LogP contribution is 2.34. The summed E-state index contributed by atoms with van der Waals surface area (Å²) >= 11 is 0. The van der Waals surface area contributed by atoms with Gasteiger partial charge in [-0.2, -0.15) is 0 Å². The minimum Gasteiger partial charge on any atom is -0.377 e. The Morgan fingerprint density at radius 3 is 2.37 bits per heavy atom. The van der Waals surface area contributed by atoms with E-state index in [4.69, 9.17) is 0 Å². The number of nitrogens with zero attached hydrogens (tertiary/aromatic N) is 2. The van der Waals surface area contributed by atoms with Crippen molar-refractivity contribution < 1.29 is 9.59 Å². The van der Waals surface area contributed by atoms with Crippen LogP contribution in [0.25, 0.3) is 0 Å². The monoisotopic (exact) mass is 373 g/mol. The first kappa shape index (κ1) is 21.3. The number of nitrogens with one attached hydrogen (secondary N) is 1. The molecule has 1 N–H and O–H groups in total. The zero-order valence-electron chi connectivity index (χ0n) is 17.7. The maximum atomic E-state index is 12.8. The topological polar surface area (TPSA) is 52.7 Å². The summed E-state index contributed by atoms with van der Waals surface area (Å²) in [6.45, 7) is 8.88. The number of carbonyl (C=O) groups excluding carboxylic acids is 2. The second kappa shape index (κ2) is 9.25. The van der Waals surface area contributed by atoms with Gasteiger partial charge in [-0.3, -0.25) is 9.59 Å². The molecule has 2 amide bonds. The van der Waals surface area contributed by atoms with Crippen LogP contribution in [0.4, 0.5) is 11.4 Å². The van der Waals surface area contributed by atoms with Crippen molar-refractivity contribution in [1.82, 2.24) is 4.90 Å². The van der Waals surface area contributed by atoms with E-state index in [-0.39, 0.29) is 23.8 Å². The van der Waals surface area contributed by atoms with Gasteiger partial charge in [0.15, 0.2) is 0 Å². The van der Waals surface area contributed by atoms with E-state index in [0.717, 1.165) is 36.2 Å². The fourth-order valence-electron chi connectivity index (χ4n) is 3.23. The smallest absolute Gasteiger partial charge is 0.226 e. The van der Waals surface area contributed by atoms with E-state index < -0.39 is 0 Å². The van der Waals surface area contributed by atoms with E-state index in [1.165, 1.54) is 0 Å². The molecule has 1 atom stereocenters. The van der Waals surface area contributed by atoms with Crippen molar-refractivity contribution in [3.05, 3.63) is 23.8 Å². The van der Waals surface area contributed by atoms with Gasteiger partial charge in [0, 0.05) is 50.4 Å². The molecule has 1 saturated carbocycles. The maximum Gasteiger partial charge on any atom is 0.226 e. The van der Waals surface area contributed by atoms with Gasteiger partial charge in [-0.15, -0.1) is 0 Å². The van der Waals surface area contributed by atoms with Crippen molar-refractivity contribution in [2.24, 2.45) is 11.8 Å². The lowest BCUT2D eigenvalue weighted by Crippen LogP contribution is -2.39. The number of benzene rings is 1. The van der Waals surface area contributed by atoms with Gasteiger partial charge >= 0.3 is 0 Å². The molecule has 0 aliphatic heterocycles. The first-order valence-corrected chi connectivity index (χ1v) is 10.1. The quantitative estimate of drug-likeness (QED) is 0.703. The fourth-order valence-corrected chi connectivity index (χ4v) is 3.23. The maximum absolute atomic E-state index is 12.8. The zero-order chi connectivity index (χ0) is 20.1. The molecule has 0 saturated heterocycles. The SMILES string of the molecule is CC[C@@H](C)N(Cc1cc(NC(=O)CC(C)C)ccc1N(C)C)C(=O)C1CC1. The van der Waals surface area contributed by atoms with Crippen LogP contribution in [-0.4, -0.2) is 36.9 Å². The summed E-state index contributed by atoms with van der Waals surface area (Å²) in [5.74, 6) is 0.822. The van der Waals surface area contributed by atoms with E-state index in [9.17, 15) is 9.59 Å². The third-order valence-corrected chi connectivity index (χ3v) is 5.11. The summed E-state index contributed by atoms with van der Waals surface area (Å²) in [6.07, 6.45) is 3.46. The first-order chi connectivity index (χ1) is 12.7. The van der Waals surface area contributed by atoms with E-state index in [0.29, 0.717) is 18.9 Å². The van der Waals surface area contributed by atoms with Crippen LogP contribution in [0.3, 0.4) is 0 Å².